The molecule has 1 unspecified atom stereocenters. The van der Waals surface area contributed by atoms with E-state index in [1.54, 1.807) is 0 Å². The van der Waals surface area contributed by atoms with Crippen molar-refractivity contribution in [3.63, 3.8) is 0 Å². The average molecular weight is 314 g/mol. The molecule has 0 saturated carbocycles. The number of fused-ring (bicyclic) bond motifs is 3. The summed E-state index contributed by atoms with van der Waals surface area (Å²) in [5.41, 5.74) is 4.63. The van der Waals surface area contributed by atoms with E-state index in [1.165, 1.54) is 21.9 Å². The van der Waals surface area contributed by atoms with Gasteiger partial charge >= 0.3 is 0 Å². The van der Waals surface area contributed by atoms with Gasteiger partial charge in [-0.15, -0.1) is 0 Å². The lowest BCUT2D eigenvalue weighted by molar-refractivity contribution is 0.363. The van der Waals surface area contributed by atoms with Crippen LogP contribution >= 0.6 is 9.47 Å². The smallest absolute Gasteiger partial charge is 0.135 e. The van der Waals surface area contributed by atoms with E-state index in [2.05, 4.69) is 59.7 Å². The summed E-state index contributed by atoms with van der Waals surface area (Å²) in [5.74, 6) is 0.660. The summed E-state index contributed by atoms with van der Waals surface area (Å²) in [4.78, 5) is 0. The Balaban J connectivity index is 1.94. The second-order valence-corrected chi connectivity index (χ2v) is 6.67. The highest BCUT2D eigenvalue weighted by Crippen LogP contribution is 2.30. The van der Waals surface area contributed by atoms with Crippen LogP contribution in [0.5, 0.6) is 0 Å². The van der Waals surface area contributed by atoms with Crippen molar-refractivity contribution in [2.24, 2.45) is 5.92 Å². The van der Waals surface area contributed by atoms with Crippen LogP contribution in [-0.4, -0.2) is 6.61 Å². The van der Waals surface area contributed by atoms with Crippen LogP contribution in [-0.2, 0) is 17.4 Å². The quantitative estimate of drug-likeness (QED) is 0.441. The Kier molecular flexibility index (Phi) is 4.81. The van der Waals surface area contributed by atoms with Gasteiger partial charge in [0.05, 0.1) is 6.61 Å². The Bertz CT molecular complexity index is 774. The normalized spacial score (nSPS) is 11.8. The highest BCUT2D eigenvalue weighted by Gasteiger charge is 2.09. The summed E-state index contributed by atoms with van der Waals surface area (Å²) in [6.45, 7) is 5.25. The molecule has 3 aromatic rings. The van der Waals surface area contributed by atoms with E-state index in [0.29, 0.717) is 5.92 Å². The van der Waals surface area contributed by atoms with Gasteiger partial charge in [0.1, 0.15) is 11.2 Å². The van der Waals surface area contributed by atoms with E-state index >= 15 is 0 Å². The van der Waals surface area contributed by atoms with E-state index in [4.69, 9.17) is 8.94 Å². The third kappa shape index (κ3) is 3.34. The van der Waals surface area contributed by atoms with Crippen LogP contribution in [0.4, 0.5) is 0 Å². The van der Waals surface area contributed by atoms with E-state index in [9.17, 15) is 0 Å². The highest BCUT2D eigenvalue weighted by molar-refractivity contribution is 7.09. The maximum Gasteiger partial charge on any atom is 0.135 e. The van der Waals surface area contributed by atoms with Gasteiger partial charge < -0.3 is 8.94 Å². The van der Waals surface area contributed by atoms with Crippen LogP contribution < -0.4 is 0 Å². The van der Waals surface area contributed by atoms with Crippen LogP contribution in [0, 0.1) is 5.92 Å². The fraction of sp³-hybridized carbons (Fsp3) is 0.368. The van der Waals surface area contributed by atoms with Crippen molar-refractivity contribution in [3.05, 3.63) is 47.5 Å². The second kappa shape index (κ2) is 6.81. The topological polar surface area (TPSA) is 22.4 Å². The molecular formula is C19H23O2P. The van der Waals surface area contributed by atoms with Gasteiger partial charge in [-0.05, 0) is 48.4 Å². The van der Waals surface area contributed by atoms with Crippen LogP contribution in [0.3, 0.4) is 0 Å². The molecule has 0 aliphatic heterocycles. The zero-order valence-corrected chi connectivity index (χ0v) is 14.4. The molecule has 2 aromatic carbocycles. The van der Waals surface area contributed by atoms with Gasteiger partial charge in [0.2, 0.25) is 0 Å². The van der Waals surface area contributed by atoms with E-state index in [0.717, 1.165) is 37.0 Å². The number of hydrogen-bond donors (Lipinski definition) is 0. The molecular weight excluding hydrogens is 291 g/mol. The Morgan fingerprint density at radius 2 is 1.64 bits per heavy atom. The van der Waals surface area contributed by atoms with Gasteiger partial charge in [0.25, 0.3) is 0 Å². The van der Waals surface area contributed by atoms with Crippen LogP contribution in [0.1, 0.15) is 31.4 Å². The molecule has 0 N–H and O–H groups in total. The van der Waals surface area contributed by atoms with Gasteiger partial charge in [-0.1, -0.05) is 38.1 Å². The van der Waals surface area contributed by atoms with E-state index in [-0.39, 0.29) is 0 Å². The molecule has 0 spiro atoms. The van der Waals surface area contributed by atoms with Crippen LogP contribution in [0.15, 0.2) is 40.8 Å². The first-order valence-electron chi connectivity index (χ1n) is 7.93. The summed E-state index contributed by atoms with van der Waals surface area (Å²) in [6, 6.07) is 13.2. The maximum atomic E-state index is 6.09. The minimum atomic E-state index is 0.660. The minimum Gasteiger partial charge on any atom is -0.456 e. The molecule has 2 nitrogen and oxygen atoms in total. The number of benzene rings is 2. The van der Waals surface area contributed by atoms with Gasteiger partial charge in [-0.2, -0.15) is 0 Å². The molecule has 1 heterocycles. The lowest BCUT2D eigenvalue weighted by atomic mass is 10.0. The van der Waals surface area contributed by atoms with E-state index < -0.39 is 0 Å². The molecule has 0 saturated heterocycles. The van der Waals surface area contributed by atoms with Gasteiger partial charge in [-0.25, -0.2) is 0 Å². The Morgan fingerprint density at radius 3 is 2.27 bits per heavy atom. The first kappa shape index (κ1) is 15.5. The Hall–Kier alpha value is -1.37. The molecule has 1 atom stereocenters. The van der Waals surface area contributed by atoms with Gasteiger partial charge in [-0.3, -0.25) is 0 Å². The summed E-state index contributed by atoms with van der Waals surface area (Å²) < 4.78 is 11.1. The number of aryl methyl sites for hydroxylation is 1. The van der Waals surface area contributed by atoms with Crippen molar-refractivity contribution in [2.45, 2.75) is 33.1 Å². The molecule has 0 aliphatic carbocycles. The molecule has 22 heavy (non-hydrogen) atoms. The number of furan rings is 1. The SMILES string of the molecule is CC(C)Cc1ccc2c(c1)oc1cc(CCCOP)ccc12. The van der Waals surface area contributed by atoms with Crippen molar-refractivity contribution >= 4 is 31.4 Å². The second-order valence-electron chi connectivity index (χ2n) is 6.34. The first-order chi connectivity index (χ1) is 10.7. The van der Waals surface area contributed by atoms with Gasteiger partial charge in [0.15, 0.2) is 0 Å². The zero-order chi connectivity index (χ0) is 15.5. The summed E-state index contributed by atoms with van der Waals surface area (Å²) >= 11 is 0. The third-order valence-corrected chi connectivity index (χ3v) is 4.21. The molecule has 3 heteroatoms. The predicted octanol–water partition coefficient (Wildman–Crippen LogP) is 5.52. The Labute approximate surface area is 134 Å². The maximum absolute atomic E-state index is 6.09. The standard InChI is InChI=1S/C19H23O2P/c1-13(2)10-15-6-8-17-16-7-5-14(4-3-9-20-22)11-18(16)21-19(17)12-15/h5-8,11-13H,3-4,9-10,22H2,1-2H3. The fourth-order valence-corrected chi connectivity index (χ4v) is 3.15. The molecule has 3 rings (SSSR count). The Morgan fingerprint density at radius 1 is 1.00 bits per heavy atom. The molecule has 0 bridgehead atoms. The summed E-state index contributed by atoms with van der Waals surface area (Å²) in [7, 11) is 2.30. The molecule has 0 amide bonds. The monoisotopic (exact) mass is 314 g/mol. The average Bonchev–Trinajstić information content (AvgIpc) is 2.83. The molecule has 0 fully saturated rings. The highest BCUT2D eigenvalue weighted by atomic mass is 31.0. The van der Waals surface area contributed by atoms with Crippen LogP contribution in [0.2, 0.25) is 0 Å². The van der Waals surface area contributed by atoms with Crippen molar-refractivity contribution in [1.82, 2.24) is 0 Å². The van der Waals surface area contributed by atoms with Crippen molar-refractivity contribution in [2.75, 3.05) is 6.61 Å². The minimum absolute atomic E-state index is 0.660. The van der Waals surface area contributed by atoms with Gasteiger partial charge in [0, 0.05) is 20.2 Å². The number of hydrogen-bond acceptors (Lipinski definition) is 2. The molecule has 0 aliphatic rings. The van der Waals surface area contributed by atoms with Crippen molar-refractivity contribution < 1.29 is 8.94 Å². The molecule has 1 aromatic heterocycles. The van der Waals surface area contributed by atoms with Crippen molar-refractivity contribution in [1.29, 1.82) is 0 Å². The largest absolute Gasteiger partial charge is 0.456 e. The molecule has 0 radical (unpaired) electrons. The van der Waals surface area contributed by atoms with Crippen molar-refractivity contribution in [3.8, 4) is 0 Å². The number of rotatable bonds is 6. The third-order valence-electron chi connectivity index (χ3n) is 3.97. The first-order valence-corrected chi connectivity index (χ1v) is 8.40. The van der Waals surface area contributed by atoms with E-state index in [1.807, 2.05) is 0 Å². The molecule has 116 valence electrons. The van der Waals surface area contributed by atoms with Crippen LogP contribution in [0.25, 0.3) is 21.9 Å². The zero-order valence-electron chi connectivity index (χ0n) is 13.3. The lowest BCUT2D eigenvalue weighted by Crippen LogP contribution is -1.92. The predicted molar refractivity (Wildman–Crippen MR) is 96.2 cm³/mol. The summed E-state index contributed by atoms with van der Waals surface area (Å²) in [6.07, 6.45) is 3.13. The summed E-state index contributed by atoms with van der Waals surface area (Å²) in [5, 5.41) is 2.42. The lowest BCUT2D eigenvalue weighted by Gasteiger charge is -2.03. The fourth-order valence-electron chi connectivity index (χ4n) is 2.98.